The van der Waals surface area contributed by atoms with Crippen molar-refractivity contribution in [3.8, 4) is 11.4 Å². The second kappa shape index (κ2) is 5.50. The van der Waals surface area contributed by atoms with Gasteiger partial charge in [-0.1, -0.05) is 11.6 Å². The van der Waals surface area contributed by atoms with Crippen LogP contribution in [-0.4, -0.2) is 30.6 Å². The average Bonchev–Trinajstić information content (AvgIpc) is 3.09. The summed E-state index contributed by atoms with van der Waals surface area (Å²) in [5.74, 6) is 1.10. The highest BCUT2D eigenvalue weighted by molar-refractivity contribution is 6.32. The highest BCUT2D eigenvalue weighted by Crippen LogP contribution is 2.30. The van der Waals surface area contributed by atoms with Crippen LogP contribution >= 0.6 is 11.6 Å². The SMILES string of the molecule is COc1ccc(-n2c(C)c(C)n3c4c(=O)[nH]c(=O)n(C)c4nc23)cc1Cl. The number of methoxy groups -OCH3 is 1. The number of aryl methyl sites for hydroxylation is 2. The molecule has 0 amide bonds. The van der Waals surface area contributed by atoms with E-state index in [9.17, 15) is 9.59 Å². The zero-order valence-corrected chi connectivity index (χ0v) is 15.4. The zero-order valence-electron chi connectivity index (χ0n) is 14.6. The quantitative estimate of drug-likeness (QED) is 0.581. The number of halogens is 1. The summed E-state index contributed by atoms with van der Waals surface area (Å²) in [6.07, 6.45) is 0. The Bertz CT molecular complexity index is 1310. The molecule has 3 heterocycles. The topological polar surface area (TPSA) is 86.3 Å². The minimum Gasteiger partial charge on any atom is -0.495 e. The fraction of sp³-hybridized carbons (Fsp3) is 0.235. The molecule has 0 fully saturated rings. The monoisotopic (exact) mass is 373 g/mol. The number of fused-ring (bicyclic) bond motifs is 3. The number of imidazole rings is 2. The summed E-state index contributed by atoms with van der Waals surface area (Å²) in [6, 6.07) is 5.41. The summed E-state index contributed by atoms with van der Waals surface area (Å²) in [7, 11) is 3.13. The largest absolute Gasteiger partial charge is 0.495 e. The van der Waals surface area contributed by atoms with Crippen LogP contribution in [-0.2, 0) is 7.05 Å². The second-order valence-electron chi connectivity index (χ2n) is 6.06. The van der Waals surface area contributed by atoms with Gasteiger partial charge < -0.3 is 4.74 Å². The van der Waals surface area contributed by atoms with Crippen molar-refractivity contribution in [3.05, 3.63) is 55.4 Å². The number of rotatable bonds is 2. The summed E-state index contributed by atoms with van der Waals surface area (Å²) in [5, 5.41) is 0.468. The van der Waals surface area contributed by atoms with Crippen LogP contribution in [0.3, 0.4) is 0 Å². The molecule has 4 aromatic rings. The molecule has 0 spiro atoms. The van der Waals surface area contributed by atoms with Gasteiger partial charge in [-0.25, -0.2) is 4.79 Å². The average molecular weight is 374 g/mol. The number of aromatic amines is 1. The van der Waals surface area contributed by atoms with E-state index in [1.165, 1.54) is 4.57 Å². The molecule has 4 rings (SSSR count). The van der Waals surface area contributed by atoms with E-state index >= 15 is 0 Å². The number of nitrogens with one attached hydrogen (secondary N) is 1. The number of hydrogen-bond donors (Lipinski definition) is 1. The maximum atomic E-state index is 12.4. The normalized spacial score (nSPS) is 11.6. The Morgan fingerprint density at radius 3 is 2.58 bits per heavy atom. The van der Waals surface area contributed by atoms with Gasteiger partial charge >= 0.3 is 5.69 Å². The van der Waals surface area contributed by atoms with Crippen LogP contribution in [0.2, 0.25) is 5.02 Å². The van der Waals surface area contributed by atoms with Crippen LogP contribution in [0.25, 0.3) is 22.6 Å². The maximum Gasteiger partial charge on any atom is 0.329 e. The van der Waals surface area contributed by atoms with E-state index in [0.29, 0.717) is 27.7 Å². The number of ether oxygens (including phenoxy) is 1. The number of H-pyrrole nitrogens is 1. The molecular weight excluding hydrogens is 358 g/mol. The van der Waals surface area contributed by atoms with Gasteiger partial charge in [-0.3, -0.25) is 23.3 Å². The summed E-state index contributed by atoms with van der Waals surface area (Å²) in [6.45, 7) is 3.83. The predicted molar refractivity (Wildman–Crippen MR) is 98.9 cm³/mol. The summed E-state index contributed by atoms with van der Waals surface area (Å²) in [5.41, 5.74) is 2.22. The van der Waals surface area contributed by atoms with Crippen molar-refractivity contribution in [1.29, 1.82) is 0 Å². The molecular formula is C17H16ClN5O3. The first-order valence-electron chi connectivity index (χ1n) is 7.88. The first-order valence-corrected chi connectivity index (χ1v) is 8.26. The fourth-order valence-electron chi connectivity index (χ4n) is 3.22. The van der Waals surface area contributed by atoms with E-state index in [0.717, 1.165) is 17.1 Å². The third-order valence-electron chi connectivity index (χ3n) is 4.69. The summed E-state index contributed by atoms with van der Waals surface area (Å²) >= 11 is 6.27. The Balaban J connectivity index is 2.16. The Labute approximate surface area is 152 Å². The molecule has 0 saturated heterocycles. The van der Waals surface area contributed by atoms with Crippen LogP contribution in [0.4, 0.5) is 0 Å². The molecule has 0 bridgehead atoms. The lowest BCUT2D eigenvalue weighted by atomic mass is 10.2. The minimum atomic E-state index is -0.503. The molecule has 134 valence electrons. The van der Waals surface area contributed by atoms with Gasteiger partial charge in [-0.05, 0) is 32.0 Å². The molecule has 0 aliphatic rings. The first kappa shape index (κ1) is 16.5. The van der Waals surface area contributed by atoms with Crippen LogP contribution in [0, 0.1) is 13.8 Å². The molecule has 1 N–H and O–H groups in total. The Kier molecular flexibility index (Phi) is 3.48. The molecule has 8 nitrogen and oxygen atoms in total. The third-order valence-corrected chi connectivity index (χ3v) is 4.98. The van der Waals surface area contributed by atoms with Gasteiger partial charge in [0.05, 0.1) is 17.8 Å². The molecule has 0 aliphatic heterocycles. The predicted octanol–water partition coefficient (Wildman–Crippen LogP) is 1.94. The van der Waals surface area contributed by atoms with Gasteiger partial charge in [0.15, 0.2) is 11.2 Å². The van der Waals surface area contributed by atoms with E-state index in [1.54, 1.807) is 30.7 Å². The number of benzene rings is 1. The summed E-state index contributed by atoms with van der Waals surface area (Å²) < 4.78 is 10.2. The zero-order chi connectivity index (χ0) is 18.7. The van der Waals surface area contributed by atoms with Gasteiger partial charge in [0.25, 0.3) is 5.56 Å². The van der Waals surface area contributed by atoms with Crippen molar-refractivity contribution in [2.75, 3.05) is 7.11 Å². The molecule has 3 aromatic heterocycles. The molecule has 0 radical (unpaired) electrons. The van der Waals surface area contributed by atoms with Crippen LogP contribution in [0.5, 0.6) is 5.75 Å². The lowest BCUT2D eigenvalue weighted by Crippen LogP contribution is -2.28. The fourth-order valence-corrected chi connectivity index (χ4v) is 3.47. The number of aromatic nitrogens is 5. The van der Waals surface area contributed by atoms with Crippen LogP contribution in [0.1, 0.15) is 11.4 Å². The minimum absolute atomic E-state index is 0.324. The van der Waals surface area contributed by atoms with Gasteiger partial charge in [0, 0.05) is 18.4 Å². The molecule has 1 aromatic carbocycles. The number of nitrogens with zero attached hydrogens (tertiary/aromatic N) is 4. The van der Waals surface area contributed by atoms with Crippen molar-refractivity contribution >= 4 is 28.5 Å². The molecule has 0 atom stereocenters. The standard InChI is InChI=1S/C17H16ClN5O3/c1-8-9(2)23-13-14(21(3)17(25)20-15(13)24)19-16(23)22(8)10-5-6-12(26-4)11(18)7-10/h5-7H,1-4H3,(H,20,24,25). The van der Waals surface area contributed by atoms with E-state index in [2.05, 4.69) is 9.97 Å². The Morgan fingerprint density at radius 2 is 1.92 bits per heavy atom. The van der Waals surface area contributed by atoms with Gasteiger partial charge in [0.1, 0.15) is 5.75 Å². The van der Waals surface area contributed by atoms with Crippen molar-refractivity contribution in [2.45, 2.75) is 13.8 Å². The lowest BCUT2D eigenvalue weighted by Gasteiger charge is -2.09. The smallest absolute Gasteiger partial charge is 0.329 e. The lowest BCUT2D eigenvalue weighted by molar-refractivity contribution is 0.415. The molecule has 26 heavy (non-hydrogen) atoms. The van der Waals surface area contributed by atoms with E-state index in [1.807, 2.05) is 24.5 Å². The van der Waals surface area contributed by atoms with E-state index < -0.39 is 11.2 Å². The molecule has 0 unspecified atom stereocenters. The highest BCUT2D eigenvalue weighted by atomic mass is 35.5. The third kappa shape index (κ3) is 2.05. The molecule has 0 saturated carbocycles. The summed E-state index contributed by atoms with van der Waals surface area (Å²) in [4.78, 5) is 31.2. The van der Waals surface area contributed by atoms with Gasteiger partial charge in [-0.15, -0.1) is 0 Å². The molecule has 9 heteroatoms. The van der Waals surface area contributed by atoms with Crippen molar-refractivity contribution in [1.82, 2.24) is 23.5 Å². The van der Waals surface area contributed by atoms with Crippen molar-refractivity contribution in [2.24, 2.45) is 7.05 Å². The van der Waals surface area contributed by atoms with Crippen molar-refractivity contribution < 1.29 is 4.74 Å². The molecule has 0 aliphatic carbocycles. The first-order chi connectivity index (χ1) is 12.3. The van der Waals surface area contributed by atoms with Crippen LogP contribution < -0.4 is 16.0 Å². The van der Waals surface area contributed by atoms with Gasteiger partial charge in [-0.2, -0.15) is 4.98 Å². The van der Waals surface area contributed by atoms with Gasteiger partial charge in [0.2, 0.25) is 5.78 Å². The Hall–Kier alpha value is -3.00. The highest BCUT2D eigenvalue weighted by Gasteiger charge is 2.21. The van der Waals surface area contributed by atoms with E-state index in [-0.39, 0.29) is 0 Å². The number of hydrogen-bond acceptors (Lipinski definition) is 4. The maximum absolute atomic E-state index is 12.4. The van der Waals surface area contributed by atoms with E-state index in [4.69, 9.17) is 16.3 Å². The Morgan fingerprint density at radius 1 is 1.19 bits per heavy atom. The van der Waals surface area contributed by atoms with Crippen molar-refractivity contribution in [3.63, 3.8) is 0 Å². The van der Waals surface area contributed by atoms with Crippen LogP contribution in [0.15, 0.2) is 27.8 Å². The second-order valence-corrected chi connectivity index (χ2v) is 6.47.